The maximum absolute atomic E-state index is 11.9. The van der Waals surface area contributed by atoms with Crippen LogP contribution in [-0.4, -0.2) is 23.0 Å². The Morgan fingerprint density at radius 2 is 2.21 bits per heavy atom. The molecule has 1 aliphatic rings. The molecular weight excluding hydrogens is 248 g/mol. The van der Waals surface area contributed by atoms with E-state index in [4.69, 9.17) is 13.7 Å². The predicted octanol–water partition coefficient (Wildman–Crippen LogP) is 2.30. The lowest BCUT2D eigenvalue weighted by Gasteiger charge is -2.07. The summed E-state index contributed by atoms with van der Waals surface area (Å²) in [6.07, 6.45) is 2.18. The monoisotopic (exact) mass is 262 g/mol. The molecule has 0 N–H and O–H groups in total. The summed E-state index contributed by atoms with van der Waals surface area (Å²) in [5.74, 6) is 2.11. The van der Waals surface area contributed by atoms with E-state index in [0.29, 0.717) is 29.5 Å². The van der Waals surface area contributed by atoms with Crippen molar-refractivity contribution in [2.24, 2.45) is 0 Å². The first kappa shape index (κ1) is 12.1. The molecule has 0 unspecified atom stereocenters. The fraction of sp³-hybridized carbons (Fsp3) is 0.462. The summed E-state index contributed by atoms with van der Waals surface area (Å²) in [6.45, 7) is 2.13. The maximum atomic E-state index is 11.9. The highest BCUT2D eigenvalue weighted by Crippen LogP contribution is 2.34. The first-order valence-corrected chi connectivity index (χ1v) is 6.18. The van der Waals surface area contributed by atoms with Gasteiger partial charge in [-0.3, -0.25) is 4.79 Å². The Kier molecular flexibility index (Phi) is 2.94. The highest BCUT2D eigenvalue weighted by molar-refractivity contribution is 6.00. The largest absolute Gasteiger partial charge is 0.455 e. The van der Waals surface area contributed by atoms with Gasteiger partial charge in [0.25, 0.3) is 5.89 Å². The molecule has 1 aliphatic carbocycles. The molecule has 19 heavy (non-hydrogen) atoms. The van der Waals surface area contributed by atoms with E-state index in [0.717, 1.165) is 24.2 Å². The highest BCUT2D eigenvalue weighted by Gasteiger charge is 2.28. The fourth-order valence-corrected chi connectivity index (χ4v) is 2.39. The first-order chi connectivity index (χ1) is 9.20. The summed E-state index contributed by atoms with van der Waals surface area (Å²) < 4.78 is 15.8. The number of Topliss-reactive ketones (excluding diaryl/α,β-unsaturated/α-hetero) is 1. The molecule has 2 aromatic rings. The van der Waals surface area contributed by atoms with Crippen LogP contribution in [0.4, 0.5) is 0 Å². The summed E-state index contributed by atoms with van der Waals surface area (Å²) in [4.78, 5) is 16.1. The summed E-state index contributed by atoms with van der Waals surface area (Å²) in [5.41, 5.74) is 1.47. The normalized spacial score (nSPS) is 14.7. The second kappa shape index (κ2) is 4.62. The van der Waals surface area contributed by atoms with Crippen LogP contribution in [0.1, 0.15) is 40.3 Å². The van der Waals surface area contributed by atoms with Crippen LogP contribution in [0.3, 0.4) is 0 Å². The van der Waals surface area contributed by atoms with Crippen molar-refractivity contribution in [2.45, 2.75) is 32.8 Å². The quantitative estimate of drug-likeness (QED) is 0.844. The highest BCUT2D eigenvalue weighted by atomic mass is 16.5. The Hall–Kier alpha value is -1.95. The molecule has 0 amide bonds. The van der Waals surface area contributed by atoms with E-state index in [1.165, 1.54) is 0 Å². The molecule has 0 aromatic carbocycles. The molecule has 6 nitrogen and oxygen atoms in total. The van der Waals surface area contributed by atoms with Crippen LogP contribution >= 0.6 is 0 Å². The fourth-order valence-electron chi connectivity index (χ4n) is 2.39. The van der Waals surface area contributed by atoms with Crippen LogP contribution in [0.2, 0.25) is 0 Å². The average Bonchev–Trinajstić information content (AvgIpc) is 2.96. The van der Waals surface area contributed by atoms with Crippen molar-refractivity contribution < 1.29 is 18.5 Å². The van der Waals surface area contributed by atoms with E-state index < -0.39 is 0 Å². The molecule has 0 bridgehead atoms. The number of ether oxygens (including phenoxy) is 1. The van der Waals surface area contributed by atoms with Gasteiger partial charge in [0.15, 0.2) is 17.4 Å². The van der Waals surface area contributed by atoms with Gasteiger partial charge in [0.2, 0.25) is 0 Å². The van der Waals surface area contributed by atoms with Crippen molar-refractivity contribution in [3.8, 4) is 11.7 Å². The Balaban J connectivity index is 2.03. The molecular formula is C13H14N2O4. The lowest BCUT2D eigenvalue weighted by Crippen LogP contribution is -2.09. The van der Waals surface area contributed by atoms with Gasteiger partial charge in [-0.25, -0.2) is 0 Å². The minimum atomic E-state index is 0.130. The van der Waals surface area contributed by atoms with E-state index in [9.17, 15) is 4.79 Å². The molecule has 0 atom stereocenters. The van der Waals surface area contributed by atoms with Gasteiger partial charge >= 0.3 is 0 Å². The lowest BCUT2D eigenvalue weighted by atomic mass is 9.94. The van der Waals surface area contributed by atoms with Crippen LogP contribution < -0.4 is 0 Å². The van der Waals surface area contributed by atoms with Gasteiger partial charge in [0, 0.05) is 25.5 Å². The van der Waals surface area contributed by atoms with Gasteiger partial charge in [-0.1, -0.05) is 5.16 Å². The van der Waals surface area contributed by atoms with Crippen molar-refractivity contribution in [1.82, 2.24) is 10.1 Å². The zero-order chi connectivity index (χ0) is 13.4. The Morgan fingerprint density at radius 3 is 2.95 bits per heavy atom. The predicted molar refractivity (Wildman–Crippen MR) is 64.7 cm³/mol. The molecule has 6 heteroatoms. The molecule has 0 spiro atoms. The van der Waals surface area contributed by atoms with E-state index >= 15 is 0 Å². The summed E-state index contributed by atoms with van der Waals surface area (Å²) in [7, 11) is 1.56. The van der Waals surface area contributed by atoms with Crippen LogP contribution in [0, 0.1) is 6.92 Å². The van der Waals surface area contributed by atoms with Crippen molar-refractivity contribution in [1.29, 1.82) is 0 Å². The summed E-state index contributed by atoms with van der Waals surface area (Å²) in [6, 6.07) is 0. The van der Waals surface area contributed by atoms with E-state index in [1.807, 2.05) is 6.92 Å². The van der Waals surface area contributed by atoms with Crippen LogP contribution in [0.15, 0.2) is 8.94 Å². The Morgan fingerprint density at radius 1 is 1.37 bits per heavy atom. The smallest absolute Gasteiger partial charge is 0.294 e. The first-order valence-electron chi connectivity index (χ1n) is 6.18. The van der Waals surface area contributed by atoms with Crippen molar-refractivity contribution in [3.05, 3.63) is 22.7 Å². The molecule has 2 aromatic heterocycles. The van der Waals surface area contributed by atoms with Crippen molar-refractivity contribution >= 4 is 5.78 Å². The molecule has 0 saturated carbocycles. The molecule has 3 rings (SSSR count). The number of hydrogen-bond acceptors (Lipinski definition) is 6. The number of furan rings is 1. The molecule has 0 aliphatic heterocycles. The number of aromatic nitrogens is 2. The molecule has 0 saturated heterocycles. The topological polar surface area (TPSA) is 78.4 Å². The number of carbonyl (C=O) groups is 1. The number of hydrogen-bond donors (Lipinski definition) is 0. The second-order valence-corrected chi connectivity index (χ2v) is 4.58. The molecule has 0 fully saturated rings. The minimum absolute atomic E-state index is 0.130. The van der Waals surface area contributed by atoms with Crippen LogP contribution in [-0.2, 0) is 17.8 Å². The van der Waals surface area contributed by atoms with E-state index in [1.54, 1.807) is 7.11 Å². The van der Waals surface area contributed by atoms with E-state index in [2.05, 4.69) is 10.1 Å². The number of methoxy groups -OCH3 is 1. The Labute approximate surface area is 109 Å². The second-order valence-electron chi connectivity index (χ2n) is 4.58. The number of nitrogens with zero attached hydrogens (tertiary/aromatic N) is 2. The number of fused-ring (bicyclic) bond motifs is 1. The summed E-state index contributed by atoms with van der Waals surface area (Å²) in [5, 5.41) is 3.79. The van der Waals surface area contributed by atoms with Crippen molar-refractivity contribution in [2.75, 3.05) is 7.11 Å². The van der Waals surface area contributed by atoms with Gasteiger partial charge < -0.3 is 13.7 Å². The average molecular weight is 262 g/mol. The third-order valence-corrected chi connectivity index (χ3v) is 3.24. The third-order valence-electron chi connectivity index (χ3n) is 3.24. The third kappa shape index (κ3) is 1.98. The minimum Gasteiger partial charge on any atom is -0.455 e. The molecule has 0 radical (unpaired) electrons. The van der Waals surface area contributed by atoms with Gasteiger partial charge in [-0.2, -0.15) is 4.98 Å². The summed E-state index contributed by atoms with van der Waals surface area (Å²) >= 11 is 0. The van der Waals surface area contributed by atoms with Gasteiger partial charge in [-0.05, 0) is 13.3 Å². The van der Waals surface area contributed by atoms with Gasteiger partial charge in [0.05, 0.1) is 5.56 Å². The SMILES string of the molecule is COCc1noc(-c2oc3c(c2C)C(=O)CCC3)n1. The molecule has 2 heterocycles. The zero-order valence-electron chi connectivity index (χ0n) is 10.9. The van der Waals surface area contributed by atoms with Crippen molar-refractivity contribution in [3.63, 3.8) is 0 Å². The van der Waals surface area contributed by atoms with E-state index in [-0.39, 0.29) is 12.4 Å². The number of ketones is 1. The van der Waals surface area contributed by atoms with Gasteiger partial charge in [0.1, 0.15) is 12.4 Å². The number of rotatable bonds is 3. The van der Waals surface area contributed by atoms with Gasteiger partial charge in [-0.15, -0.1) is 0 Å². The Bertz CT molecular complexity index is 627. The maximum Gasteiger partial charge on any atom is 0.294 e. The van der Waals surface area contributed by atoms with Crippen LogP contribution in [0.5, 0.6) is 0 Å². The zero-order valence-corrected chi connectivity index (χ0v) is 10.9. The number of carbonyl (C=O) groups excluding carboxylic acids is 1. The number of aryl methyl sites for hydroxylation is 1. The lowest BCUT2D eigenvalue weighted by molar-refractivity contribution is 0.0969. The molecule has 100 valence electrons. The standard InChI is InChI=1S/C13H14N2O4/c1-7-11-8(16)4-3-5-9(11)18-12(7)13-14-10(6-17-2)15-19-13/h3-6H2,1-2H3. The van der Waals surface area contributed by atoms with Crippen LogP contribution in [0.25, 0.3) is 11.7 Å².